The summed E-state index contributed by atoms with van der Waals surface area (Å²) in [5.41, 5.74) is 0. The summed E-state index contributed by atoms with van der Waals surface area (Å²) in [5.74, 6) is 0.253. The molecule has 0 saturated carbocycles. The highest BCUT2D eigenvalue weighted by Crippen LogP contribution is 2.09. The number of hydrogen-bond acceptors (Lipinski definition) is 1. The molecule has 0 saturated heterocycles. The fourth-order valence-corrected chi connectivity index (χ4v) is 4.21. The molecule has 0 unspecified atom stereocenters. The molecule has 0 aliphatic heterocycles. The molecule has 3 heteroatoms. The second-order valence-electron chi connectivity index (χ2n) is 9.74. The second-order valence-corrected chi connectivity index (χ2v) is 9.74. The summed E-state index contributed by atoms with van der Waals surface area (Å²) in [4.78, 5) is 13.7. The molecular formula is C29H59N2O+. The van der Waals surface area contributed by atoms with Crippen LogP contribution < -0.4 is 10.2 Å². The molecule has 32 heavy (non-hydrogen) atoms. The zero-order chi connectivity index (χ0) is 23.5. The number of carbonyl (C=O) groups is 1. The Bertz CT molecular complexity index is 400. The van der Waals surface area contributed by atoms with Crippen molar-refractivity contribution in [2.75, 3.05) is 26.2 Å². The van der Waals surface area contributed by atoms with Crippen LogP contribution in [-0.4, -0.2) is 32.1 Å². The molecule has 0 radical (unpaired) electrons. The van der Waals surface area contributed by atoms with Crippen LogP contribution in [0.3, 0.4) is 0 Å². The molecule has 190 valence electrons. The van der Waals surface area contributed by atoms with Crippen LogP contribution in [0.25, 0.3) is 0 Å². The Hall–Kier alpha value is -0.830. The van der Waals surface area contributed by atoms with Crippen LogP contribution in [0.4, 0.5) is 0 Å². The van der Waals surface area contributed by atoms with Crippen LogP contribution in [0.1, 0.15) is 143 Å². The molecule has 0 bridgehead atoms. The van der Waals surface area contributed by atoms with Crippen molar-refractivity contribution in [2.24, 2.45) is 0 Å². The first kappa shape index (κ1) is 31.2. The molecule has 2 N–H and O–H groups in total. The van der Waals surface area contributed by atoms with E-state index in [1.165, 1.54) is 122 Å². The summed E-state index contributed by atoms with van der Waals surface area (Å²) in [6, 6.07) is 0. The Kier molecular flexibility index (Phi) is 25.7. The standard InChI is InChI=1S/C29H58N2O/c1-4-7-10-11-12-13-14-15-16-17-18-19-20-21-22-23-25-30-29(32)24-28-31(26-8-5-2)27-9-6-3/h15-16H,4-14,17-28H2,1-3H3,(H,30,32)/p+1/b16-15-. The summed E-state index contributed by atoms with van der Waals surface area (Å²) in [5, 5.41) is 3.14. The van der Waals surface area contributed by atoms with Gasteiger partial charge in [-0.05, 0) is 44.9 Å². The maximum atomic E-state index is 12.1. The minimum absolute atomic E-state index is 0.253. The number of amides is 1. The Labute approximate surface area is 202 Å². The van der Waals surface area contributed by atoms with Gasteiger partial charge in [0.25, 0.3) is 0 Å². The van der Waals surface area contributed by atoms with E-state index in [1.807, 2.05) is 0 Å². The van der Waals surface area contributed by atoms with Gasteiger partial charge in [-0.15, -0.1) is 0 Å². The molecule has 0 aliphatic carbocycles. The van der Waals surface area contributed by atoms with Gasteiger partial charge < -0.3 is 10.2 Å². The summed E-state index contributed by atoms with van der Waals surface area (Å²) in [6.07, 6.45) is 29.1. The van der Waals surface area contributed by atoms with Gasteiger partial charge in [-0.1, -0.05) is 104 Å². The smallest absolute Gasteiger partial charge is 0.225 e. The van der Waals surface area contributed by atoms with Crippen molar-refractivity contribution >= 4 is 5.91 Å². The first-order valence-corrected chi connectivity index (χ1v) is 14.5. The molecule has 0 spiro atoms. The largest absolute Gasteiger partial charge is 0.356 e. The van der Waals surface area contributed by atoms with Gasteiger partial charge in [0.15, 0.2) is 0 Å². The zero-order valence-electron chi connectivity index (χ0n) is 22.3. The van der Waals surface area contributed by atoms with Crippen molar-refractivity contribution < 1.29 is 9.69 Å². The normalized spacial score (nSPS) is 11.6. The van der Waals surface area contributed by atoms with Gasteiger partial charge in [0, 0.05) is 6.54 Å². The summed E-state index contributed by atoms with van der Waals surface area (Å²) in [7, 11) is 0. The average Bonchev–Trinajstić information content (AvgIpc) is 2.80. The Balaban J connectivity index is 3.43. The van der Waals surface area contributed by atoms with E-state index in [1.54, 1.807) is 4.90 Å². The topological polar surface area (TPSA) is 33.5 Å². The fourth-order valence-electron chi connectivity index (χ4n) is 4.21. The van der Waals surface area contributed by atoms with Crippen LogP contribution in [0, 0.1) is 0 Å². The highest BCUT2D eigenvalue weighted by molar-refractivity contribution is 5.75. The lowest BCUT2D eigenvalue weighted by Crippen LogP contribution is -3.12. The molecule has 0 aromatic heterocycles. The van der Waals surface area contributed by atoms with E-state index < -0.39 is 0 Å². The average molecular weight is 452 g/mol. The quantitative estimate of drug-likeness (QED) is 0.113. The molecule has 0 aromatic carbocycles. The van der Waals surface area contributed by atoms with Crippen molar-refractivity contribution in [2.45, 2.75) is 143 Å². The van der Waals surface area contributed by atoms with Gasteiger partial charge in [-0.2, -0.15) is 0 Å². The van der Waals surface area contributed by atoms with Crippen LogP contribution in [0.5, 0.6) is 0 Å². The number of hydrogen-bond donors (Lipinski definition) is 2. The minimum atomic E-state index is 0.253. The van der Waals surface area contributed by atoms with E-state index in [9.17, 15) is 4.79 Å². The molecule has 0 aromatic rings. The van der Waals surface area contributed by atoms with E-state index >= 15 is 0 Å². The van der Waals surface area contributed by atoms with Crippen LogP contribution in [-0.2, 0) is 4.79 Å². The molecule has 1 amide bonds. The van der Waals surface area contributed by atoms with Crippen molar-refractivity contribution in [3.05, 3.63) is 12.2 Å². The van der Waals surface area contributed by atoms with Crippen molar-refractivity contribution in [3.8, 4) is 0 Å². The lowest BCUT2D eigenvalue weighted by atomic mass is 10.1. The Morgan fingerprint density at radius 1 is 0.594 bits per heavy atom. The second kappa shape index (κ2) is 26.4. The zero-order valence-corrected chi connectivity index (χ0v) is 22.3. The van der Waals surface area contributed by atoms with E-state index in [-0.39, 0.29) is 5.91 Å². The third-order valence-corrected chi connectivity index (χ3v) is 6.48. The van der Waals surface area contributed by atoms with Gasteiger partial charge in [0.1, 0.15) is 0 Å². The Morgan fingerprint density at radius 2 is 1.06 bits per heavy atom. The van der Waals surface area contributed by atoms with Gasteiger partial charge in [0.2, 0.25) is 5.91 Å². The predicted molar refractivity (Wildman–Crippen MR) is 142 cm³/mol. The van der Waals surface area contributed by atoms with Crippen LogP contribution >= 0.6 is 0 Å². The summed E-state index contributed by atoms with van der Waals surface area (Å²) in [6.45, 7) is 11.1. The molecule has 0 atom stereocenters. The van der Waals surface area contributed by atoms with Crippen molar-refractivity contribution in [3.63, 3.8) is 0 Å². The fraction of sp³-hybridized carbons (Fsp3) is 0.897. The first-order chi connectivity index (χ1) is 15.7. The number of unbranched alkanes of at least 4 members (excludes halogenated alkanes) is 14. The molecule has 0 heterocycles. The SMILES string of the molecule is CCCCCCCC/C=C\CCCCCCCCNC(=O)CC[NH+](CCCC)CCCC. The molecular weight excluding hydrogens is 392 g/mol. The number of quaternary nitrogens is 1. The molecule has 0 aliphatic rings. The summed E-state index contributed by atoms with van der Waals surface area (Å²) >= 11 is 0. The highest BCUT2D eigenvalue weighted by atomic mass is 16.1. The number of carbonyl (C=O) groups excluding carboxylic acids is 1. The molecule has 3 nitrogen and oxygen atoms in total. The van der Waals surface area contributed by atoms with Crippen molar-refractivity contribution in [1.29, 1.82) is 0 Å². The molecule has 0 rings (SSSR count). The monoisotopic (exact) mass is 451 g/mol. The number of allylic oxidation sites excluding steroid dienone is 2. The number of nitrogens with one attached hydrogen (secondary N) is 2. The van der Waals surface area contributed by atoms with Crippen molar-refractivity contribution in [1.82, 2.24) is 5.32 Å². The van der Waals surface area contributed by atoms with Gasteiger partial charge in [-0.25, -0.2) is 0 Å². The van der Waals surface area contributed by atoms with Gasteiger partial charge in [0.05, 0.1) is 26.1 Å². The first-order valence-electron chi connectivity index (χ1n) is 14.5. The van der Waals surface area contributed by atoms with Crippen LogP contribution in [0.15, 0.2) is 12.2 Å². The summed E-state index contributed by atoms with van der Waals surface area (Å²) < 4.78 is 0. The van der Waals surface area contributed by atoms with Crippen LogP contribution in [0.2, 0.25) is 0 Å². The third kappa shape index (κ3) is 23.8. The lowest BCUT2D eigenvalue weighted by Gasteiger charge is -2.18. The third-order valence-electron chi connectivity index (χ3n) is 6.48. The predicted octanol–water partition coefficient (Wildman–Crippen LogP) is 7.02. The maximum Gasteiger partial charge on any atom is 0.225 e. The lowest BCUT2D eigenvalue weighted by molar-refractivity contribution is -0.900. The maximum absolute atomic E-state index is 12.1. The number of rotatable bonds is 25. The van der Waals surface area contributed by atoms with E-state index in [2.05, 4.69) is 38.2 Å². The Morgan fingerprint density at radius 3 is 1.59 bits per heavy atom. The molecule has 0 fully saturated rings. The van der Waals surface area contributed by atoms with E-state index in [0.717, 1.165) is 19.5 Å². The van der Waals surface area contributed by atoms with E-state index in [4.69, 9.17) is 0 Å². The van der Waals surface area contributed by atoms with Gasteiger partial charge in [-0.3, -0.25) is 4.79 Å². The van der Waals surface area contributed by atoms with Gasteiger partial charge >= 0.3 is 0 Å². The minimum Gasteiger partial charge on any atom is -0.356 e. The van der Waals surface area contributed by atoms with E-state index in [0.29, 0.717) is 6.42 Å². The highest BCUT2D eigenvalue weighted by Gasteiger charge is 2.10.